The summed E-state index contributed by atoms with van der Waals surface area (Å²) >= 11 is 0. The molecule has 0 bridgehead atoms. The molecule has 1 fully saturated rings. The van der Waals surface area contributed by atoms with E-state index < -0.39 is 5.82 Å². The molecule has 1 aromatic carbocycles. The smallest absolute Gasteiger partial charge is 0.257 e. The summed E-state index contributed by atoms with van der Waals surface area (Å²) in [6, 6.07) is 4.02. The molecule has 1 atom stereocenters. The number of ether oxygens (including phenoxy) is 2. The molecule has 1 unspecified atom stereocenters. The number of piperidine rings is 1. The summed E-state index contributed by atoms with van der Waals surface area (Å²) in [6.45, 7) is 2.55. The molecular formula is C19H24FN3O3. The molecular weight excluding hydrogens is 337 g/mol. The van der Waals surface area contributed by atoms with E-state index in [4.69, 9.17) is 9.47 Å². The van der Waals surface area contributed by atoms with Gasteiger partial charge in [-0.15, -0.1) is 0 Å². The first-order chi connectivity index (χ1) is 12.6. The van der Waals surface area contributed by atoms with Crippen LogP contribution in [0.2, 0.25) is 0 Å². The highest BCUT2D eigenvalue weighted by Gasteiger charge is 2.29. The largest absolute Gasteiger partial charge is 0.496 e. The number of nitrogens with zero attached hydrogens (tertiary/aromatic N) is 3. The number of halogens is 1. The number of benzene rings is 1. The van der Waals surface area contributed by atoms with Crippen molar-refractivity contribution in [1.82, 2.24) is 14.5 Å². The Morgan fingerprint density at radius 3 is 3.00 bits per heavy atom. The van der Waals surface area contributed by atoms with Gasteiger partial charge in [0, 0.05) is 45.1 Å². The van der Waals surface area contributed by atoms with Crippen molar-refractivity contribution in [3.05, 3.63) is 47.8 Å². The second kappa shape index (κ2) is 8.31. The van der Waals surface area contributed by atoms with E-state index in [9.17, 15) is 9.18 Å². The molecule has 1 amide bonds. The van der Waals surface area contributed by atoms with Gasteiger partial charge in [0.1, 0.15) is 17.4 Å². The SMILES string of the molecule is COCCn1ccnc1C1CCCN(C(=O)c2cc(F)ccc2OC)C1. The minimum Gasteiger partial charge on any atom is -0.496 e. The number of aromatic nitrogens is 2. The fourth-order valence-electron chi connectivity index (χ4n) is 3.45. The lowest BCUT2D eigenvalue weighted by atomic mass is 9.96. The van der Waals surface area contributed by atoms with Gasteiger partial charge in [-0.05, 0) is 31.0 Å². The third-order valence-electron chi connectivity index (χ3n) is 4.75. The molecule has 1 aliphatic heterocycles. The Kier molecular flexibility index (Phi) is 5.88. The topological polar surface area (TPSA) is 56.6 Å². The van der Waals surface area contributed by atoms with E-state index in [1.807, 2.05) is 6.20 Å². The van der Waals surface area contributed by atoms with Gasteiger partial charge in [-0.3, -0.25) is 4.79 Å². The van der Waals surface area contributed by atoms with Crippen molar-refractivity contribution in [1.29, 1.82) is 0 Å². The zero-order valence-corrected chi connectivity index (χ0v) is 15.2. The van der Waals surface area contributed by atoms with Crippen LogP contribution >= 0.6 is 0 Å². The van der Waals surface area contributed by atoms with Gasteiger partial charge in [0.05, 0.1) is 19.3 Å². The fourth-order valence-corrected chi connectivity index (χ4v) is 3.45. The second-order valence-corrected chi connectivity index (χ2v) is 6.41. The van der Waals surface area contributed by atoms with E-state index in [0.29, 0.717) is 25.4 Å². The van der Waals surface area contributed by atoms with Gasteiger partial charge < -0.3 is 18.9 Å². The number of carbonyl (C=O) groups excluding carboxylic acids is 1. The van der Waals surface area contributed by atoms with E-state index in [-0.39, 0.29) is 17.4 Å². The maximum Gasteiger partial charge on any atom is 0.257 e. The lowest BCUT2D eigenvalue weighted by molar-refractivity contribution is 0.0698. The standard InChI is InChI=1S/C19H24FN3O3/c1-25-11-10-22-9-7-21-18(22)14-4-3-8-23(13-14)19(24)16-12-15(20)5-6-17(16)26-2/h5-7,9,12,14H,3-4,8,10-11,13H2,1-2H3. The molecule has 7 heteroatoms. The molecule has 1 saturated heterocycles. The van der Waals surface area contributed by atoms with Crippen LogP contribution < -0.4 is 4.74 Å². The Hall–Kier alpha value is -2.41. The molecule has 1 aromatic heterocycles. The van der Waals surface area contributed by atoms with Crippen LogP contribution in [0.15, 0.2) is 30.6 Å². The van der Waals surface area contributed by atoms with Gasteiger partial charge in [-0.1, -0.05) is 0 Å². The summed E-state index contributed by atoms with van der Waals surface area (Å²) in [6.07, 6.45) is 5.56. The molecule has 3 rings (SSSR count). The number of amides is 1. The quantitative estimate of drug-likeness (QED) is 0.794. The van der Waals surface area contributed by atoms with Crippen LogP contribution in [-0.4, -0.2) is 54.3 Å². The van der Waals surface area contributed by atoms with E-state index in [0.717, 1.165) is 25.2 Å². The zero-order chi connectivity index (χ0) is 18.5. The number of likely N-dealkylation sites (tertiary alicyclic amines) is 1. The van der Waals surface area contributed by atoms with Crippen LogP contribution in [-0.2, 0) is 11.3 Å². The van der Waals surface area contributed by atoms with Gasteiger partial charge in [0.15, 0.2) is 0 Å². The normalized spacial score (nSPS) is 17.3. The number of rotatable bonds is 6. The molecule has 2 heterocycles. The third kappa shape index (κ3) is 3.88. The monoisotopic (exact) mass is 361 g/mol. The highest BCUT2D eigenvalue weighted by atomic mass is 19.1. The minimum atomic E-state index is -0.446. The Morgan fingerprint density at radius 2 is 2.23 bits per heavy atom. The van der Waals surface area contributed by atoms with Crippen LogP contribution in [0.5, 0.6) is 5.75 Å². The molecule has 26 heavy (non-hydrogen) atoms. The fraction of sp³-hybridized carbons (Fsp3) is 0.474. The van der Waals surface area contributed by atoms with Crippen molar-refractivity contribution in [2.75, 3.05) is 33.9 Å². The Balaban J connectivity index is 1.78. The molecule has 0 spiro atoms. The van der Waals surface area contributed by atoms with Crippen LogP contribution in [0.4, 0.5) is 4.39 Å². The first kappa shape index (κ1) is 18.4. The zero-order valence-electron chi connectivity index (χ0n) is 15.2. The highest BCUT2D eigenvalue weighted by Crippen LogP contribution is 2.29. The van der Waals surface area contributed by atoms with Gasteiger partial charge >= 0.3 is 0 Å². The molecule has 140 valence electrons. The average molecular weight is 361 g/mol. The number of hydrogen-bond acceptors (Lipinski definition) is 4. The van der Waals surface area contributed by atoms with Crippen molar-refractivity contribution in [2.24, 2.45) is 0 Å². The van der Waals surface area contributed by atoms with Crippen LogP contribution in [0.1, 0.15) is 34.9 Å². The lowest BCUT2D eigenvalue weighted by Crippen LogP contribution is -2.40. The summed E-state index contributed by atoms with van der Waals surface area (Å²) in [5.74, 6) is 0.851. The third-order valence-corrected chi connectivity index (χ3v) is 4.75. The van der Waals surface area contributed by atoms with E-state index in [1.165, 1.54) is 25.3 Å². The predicted molar refractivity (Wildman–Crippen MR) is 94.9 cm³/mol. The minimum absolute atomic E-state index is 0.152. The van der Waals surface area contributed by atoms with E-state index >= 15 is 0 Å². The summed E-state index contributed by atoms with van der Waals surface area (Å²) in [7, 11) is 3.15. The summed E-state index contributed by atoms with van der Waals surface area (Å²) < 4.78 is 26.1. The average Bonchev–Trinajstić information content (AvgIpc) is 3.14. The molecule has 0 radical (unpaired) electrons. The maximum atomic E-state index is 13.6. The number of imidazole rings is 1. The number of methoxy groups -OCH3 is 2. The summed E-state index contributed by atoms with van der Waals surface area (Å²) in [5.41, 5.74) is 0.260. The number of hydrogen-bond donors (Lipinski definition) is 0. The summed E-state index contributed by atoms with van der Waals surface area (Å²) in [4.78, 5) is 19.2. The van der Waals surface area contributed by atoms with Crippen LogP contribution in [0.3, 0.4) is 0 Å². The molecule has 0 aliphatic carbocycles. The van der Waals surface area contributed by atoms with Gasteiger partial charge in [-0.2, -0.15) is 0 Å². The number of carbonyl (C=O) groups is 1. The van der Waals surface area contributed by atoms with E-state index in [2.05, 4.69) is 9.55 Å². The molecule has 6 nitrogen and oxygen atoms in total. The van der Waals surface area contributed by atoms with Crippen LogP contribution in [0.25, 0.3) is 0 Å². The molecule has 0 saturated carbocycles. The predicted octanol–water partition coefficient (Wildman–Crippen LogP) is 2.70. The Morgan fingerprint density at radius 1 is 1.38 bits per heavy atom. The Bertz CT molecular complexity index is 762. The first-order valence-corrected chi connectivity index (χ1v) is 8.76. The summed E-state index contributed by atoms with van der Waals surface area (Å²) in [5, 5.41) is 0. The highest BCUT2D eigenvalue weighted by molar-refractivity contribution is 5.97. The Labute approximate surface area is 152 Å². The van der Waals surface area contributed by atoms with Gasteiger partial charge in [0.2, 0.25) is 0 Å². The lowest BCUT2D eigenvalue weighted by Gasteiger charge is -2.33. The van der Waals surface area contributed by atoms with Gasteiger partial charge in [0.25, 0.3) is 5.91 Å². The van der Waals surface area contributed by atoms with Gasteiger partial charge in [-0.25, -0.2) is 9.37 Å². The van der Waals surface area contributed by atoms with Crippen molar-refractivity contribution in [3.63, 3.8) is 0 Å². The van der Waals surface area contributed by atoms with Crippen LogP contribution in [0, 0.1) is 5.82 Å². The van der Waals surface area contributed by atoms with Crippen molar-refractivity contribution < 1.29 is 18.7 Å². The molecule has 2 aromatic rings. The molecule has 1 aliphatic rings. The maximum absolute atomic E-state index is 13.6. The van der Waals surface area contributed by atoms with Crippen molar-refractivity contribution in [3.8, 4) is 5.75 Å². The van der Waals surface area contributed by atoms with E-state index in [1.54, 1.807) is 18.2 Å². The second-order valence-electron chi connectivity index (χ2n) is 6.41. The molecule has 0 N–H and O–H groups in total. The first-order valence-electron chi connectivity index (χ1n) is 8.76. The van der Waals surface area contributed by atoms with Crippen molar-refractivity contribution in [2.45, 2.75) is 25.3 Å². The van der Waals surface area contributed by atoms with Crippen molar-refractivity contribution >= 4 is 5.91 Å².